The zero-order valence-corrected chi connectivity index (χ0v) is 21.1. The van der Waals surface area contributed by atoms with Gasteiger partial charge in [0.05, 0.1) is 26.3 Å². The van der Waals surface area contributed by atoms with Crippen LogP contribution in [0.4, 0.5) is 5.69 Å². The molecule has 0 aromatic heterocycles. The molecule has 35 heavy (non-hydrogen) atoms. The van der Waals surface area contributed by atoms with Gasteiger partial charge in [-0.3, -0.25) is 14.6 Å². The van der Waals surface area contributed by atoms with Crippen molar-refractivity contribution in [2.75, 3.05) is 78.0 Å². The summed E-state index contributed by atoms with van der Waals surface area (Å²) in [6.45, 7) is 8.09. The monoisotopic (exact) mass is 478 g/mol. The fourth-order valence-electron chi connectivity index (χ4n) is 5.52. The van der Waals surface area contributed by atoms with Crippen LogP contribution in [0.3, 0.4) is 0 Å². The van der Waals surface area contributed by atoms with E-state index in [9.17, 15) is 4.79 Å². The summed E-state index contributed by atoms with van der Waals surface area (Å²) in [4.78, 5) is 22.3. The summed E-state index contributed by atoms with van der Waals surface area (Å²) in [5, 5.41) is 0. The molecule has 0 atom stereocenters. The second kappa shape index (κ2) is 10.9. The van der Waals surface area contributed by atoms with Gasteiger partial charge in [-0.05, 0) is 42.7 Å². The molecule has 0 unspecified atom stereocenters. The number of piperazine rings is 2. The zero-order valence-electron chi connectivity index (χ0n) is 21.1. The average Bonchev–Trinajstić information content (AvgIpc) is 2.88. The minimum absolute atomic E-state index is 0.293. The van der Waals surface area contributed by atoms with Gasteiger partial charge in [-0.2, -0.15) is 0 Å². The molecular weight excluding hydrogens is 440 g/mol. The standard InChI is InChI=1S/C28H38N4O3/c1-34-25-7-4-8-26(35-2)28(25)22-9-11-24(12-10-22)30-15-13-29(14-16-30)21-27(33)32-19-17-31(18-20-32)23-5-3-6-23/h4,7-12,23H,3,5-6,13-21H2,1-2H3. The molecular formula is C28H38N4O3. The predicted molar refractivity (Wildman–Crippen MR) is 139 cm³/mol. The van der Waals surface area contributed by atoms with Gasteiger partial charge in [-0.25, -0.2) is 0 Å². The Balaban J connectivity index is 1.12. The minimum Gasteiger partial charge on any atom is -0.496 e. The average molecular weight is 479 g/mol. The van der Waals surface area contributed by atoms with Gasteiger partial charge < -0.3 is 19.3 Å². The van der Waals surface area contributed by atoms with Gasteiger partial charge in [0, 0.05) is 64.1 Å². The summed E-state index contributed by atoms with van der Waals surface area (Å²) < 4.78 is 11.1. The summed E-state index contributed by atoms with van der Waals surface area (Å²) in [5.74, 6) is 1.90. The number of nitrogens with zero attached hydrogens (tertiary/aromatic N) is 4. The number of hydrogen-bond acceptors (Lipinski definition) is 6. The fraction of sp³-hybridized carbons (Fsp3) is 0.536. The Bertz CT molecular complexity index is 970. The van der Waals surface area contributed by atoms with Crippen LogP contribution in [0.2, 0.25) is 0 Å². The molecule has 5 rings (SSSR count). The third-order valence-electron chi connectivity index (χ3n) is 7.94. The van der Waals surface area contributed by atoms with Crippen LogP contribution in [0.15, 0.2) is 42.5 Å². The van der Waals surface area contributed by atoms with Crippen LogP contribution in [0.25, 0.3) is 11.1 Å². The molecule has 2 saturated heterocycles. The van der Waals surface area contributed by atoms with Crippen molar-refractivity contribution in [3.63, 3.8) is 0 Å². The normalized spacial score (nSPS) is 19.9. The summed E-state index contributed by atoms with van der Waals surface area (Å²) in [6.07, 6.45) is 4.06. The second-order valence-corrected chi connectivity index (χ2v) is 9.85. The predicted octanol–water partition coefficient (Wildman–Crippen LogP) is 3.19. The van der Waals surface area contributed by atoms with E-state index < -0.39 is 0 Å². The number of amides is 1. The van der Waals surface area contributed by atoms with Gasteiger partial charge in [-0.1, -0.05) is 24.6 Å². The van der Waals surface area contributed by atoms with Crippen LogP contribution < -0.4 is 14.4 Å². The molecule has 0 spiro atoms. The molecule has 2 aromatic rings. The lowest BCUT2D eigenvalue weighted by molar-refractivity contribution is -0.134. The van der Waals surface area contributed by atoms with Crippen molar-refractivity contribution in [1.82, 2.24) is 14.7 Å². The maximum absolute atomic E-state index is 12.9. The summed E-state index contributed by atoms with van der Waals surface area (Å²) in [5.41, 5.74) is 3.26. The van der Waals surface area contributed by atoms with Gasteiger partial charge in [0.15, 0.2) is 0 Å². The summed E-state index contributed by atoms with van der Waals surface area (Å²) in [7, 11) is 3.37. The zero-order chi connectivity index (χ0) is 24.2. The number of anilines is 1. The second-order valence-electron chi connectivity index (χ2n) is 9.85. The largest absolute Gasteiger partial charge is 0.496 e. The maximum Gasteiger partial charge on any atom is 0.236 e. The molecule has 7 nitrogen and oxygen atoms in total. The summed E-state index contributed by atoms with van der Waals surface area (Å²) >= 11 is 0. The first kappa shape index (κ1) is 23.9. The third-order valence-corrected chi connectivity index (χ3v) is 7.94. The van der Waals surface area contributed by atoms with Gasteiger partial charge in [0.1, 0.15) is 11.5 Å². The van der Waals surface area contributed by atoms with E-state index in [0.29, 0.717) is 12.5 Å². The Morgan fingerprint density at radius 1 is 0.829 bits per heavy atom. The topological polar surface area (TPSA) is 48.5 Å². The van der Waals surface area contributed by atoms with Crippen molar-refractivity contribution < 1.29 is 14.3 Å². The van der Waals surface area contributed by atoms with Crippen molar-refractivity contribution in [2.24, 2.45) is 0 Å². The number of benzene rings is 2. The van der Waals surface area contributed by atoms with Crippen LogP contribution in [0, 0.1) is 0 Å². The summed E-state index contributed by atoms with van der Waals surface area (Å²) in [6, 6.07) is 15.2. The molecule has 2 heterocycles. The first-order valence-electron chi connectivity index (χ1n) is 13.0. The van der Waals surface area contributed by atoms with Gasteiger partial charge in [0.25, 0.3) is 0 Å². The molecule has 3 aliphatic rings. The highest BCUT2D eigenvalue weighted by Gasteiger charge is 2.30. The molecule has 1 amide bonds. The molecule has 1 aliphatic carbocycles. The van der Waals surface area contributed by atoms with Crippen molar-refractivity contribution in [3.8, 4) is 22.6 Å². The van der Waals surface area contributed by atoms with E-state index in [2.05, 4.69) is 43.9 Å². The Morgan fingerprint density at radius 3 is 2.00 bits per heavy atom. The molecule has 3 fully saturated rings. The van der Waals surface area contributed by atoms with Crippen molar-refractivity contribution >= 4 is 11.6 Å². The lowest BCUT2D eigenvalue weighted by Crippen LogP contribution is -2.56. The lowest BCUT2D eigenvalue weighted by atomic mass is 9.91. The molecule has 2 aromatic carbocycles. The van der Waals surface area contributed by atoms with Crippen molar-refractivity contribution in [1.29, 1.82) is 0 Å². The van der Waals surface area contributed by atoms with Crippen LogP contribution in [0.1, 0.15) is 19.3 Å². The SMILES string of the molecule is COc1cccc(OC)c1-c1ccc(N2CCN(CC(=O)N3CCN(C4CCC4)CC3)CC2)cc1. The minimum atomic E-state index is 0.293. The first-order chi connectivity index (χ1) is 17.2. The molecule has 1 saturated carbocycles. The van der Waals surface area contributed by atoms with Gasteiger partial charge >= 0.3 is 0 Å². The van der Waals surface area contributed by atoms with Gasteiger partial charge in [0.2, 0.25) is 5.91 Å². The van der Waals surface area contributed by atoms with Crippen LogP contribution >= 0.6 is 0 Å². The van der Waals surface area contributed by atoms with Crippen molar-refractivity contribution in [2.45, 2.75) is 25.3 Å². The number of ether oxygens (including phenoxy) is 2. The van der Waals surface area contributed by atoms with E-state index in [4.69, 9.17) is 9.47 Å². The van der Waals surface area contributed by atoms with E-state index in [0.717, 1.165) is 81.0 Å². The number of methoxy groups -OCH3 is 2. The molecule has 0 radical (unpaired) electrons. The van der Waals surface area contributed by atoms with E-state index in [-0.39, 0.29) is 0 Å². The van der Waals surface area contributed by atoms with Gasteiger partial charge in [-0.15, -0.1) is 0 Å². The van der Waals surface area contributed by atoms with Crippen molar-refractivity contribution in [3.05, 3.63) is 42.5 Å². The highest BCUT2D eigenvalue weighted by molar-refractivity contribution is 5.79. The quantitative estimate of drug-likeness (QED) is 0.609. The molecule has 188 valence electrons. The Hall–Kier alpha value is -2.77. The van der Waals surface area contributed by atoms with Crippen LogP contribution in [-0.2, 0) is 4.79 Å². The molecule has 7 heteroatoms. The number of carbonyl (C=O) groups excluding carboxylic acids is 1. The third kappa shape index (κ3) is 5.26. The Labute approximate surface area is 209 Å². The highest BCUT2D eigenvalue weighted by atomic mass is 16.5. The Kier molecular flexibility index (Phi) is 7.44. The molecule has 2 aliphatic heterocycles. The van der Waals surface area contributed by atoms with E-state index in [1.165, 1.54) is 24.9 Å². The first-order valence-corrected chi connectivity index (χ1v) is 13.0. The molecule has 0 N–H and O–H groups in total. The number of carbonyl (C=O) groups is 1. The molecule has 0 bridgehead atoms. The number of rotatable bonds is 7. The smallest absolute Gasteiger partial charge is 0.236 e. The Morgan fingerprint density at radius 2 is 1.46 bits per heavy atom. The van der Waals surface area contributed by atoms with E-state index in [1.54, 1.807) is 14.2 Å². The fourth-order valence-corrected chi connectivity index (χ4v) is 5.52. The lowest BCUT2D eigenvalue weighted by Gasteiger charge is -2.43. The maximum atomic E-state index is 12.9. The van der Waals surface area contributed by atoms with E-state index >= 15 is 0 Å². The highest BCUT2D eigenvalue weighted by Crippen LogP contribution is 2.38. The number of hydrogen-bond donors (Lipinski definition) is 0. The van der Waals surface area contributed by atoms with Crippen LogP contribution in [0.5, 0.6) is 11.5 Å². The van der Waals surface area contributed by atoms with E-state index in [1.807, 2.05) is 18.2 Å². The van der Waals surface area contributed by atoms with Crippen LogP contribution in [-0.4, -0.2) is 99.8 Å².